The second kappa shape index (κ2) is 6.32. The quantitative estimate of drug-likeness (QED) is 0.890. The van der Waals surface area contributed by atoms with Crippen LogP contribution in [0.1, 0.15) is 20.3 Å². The molecule has 0 aliphatic carbocycles. The van der Waals surface area contributed by atoms with Crippen molar-refractivity contribution >= 4 is 44.7 Å². The van der Waals surface area contributed by atoms with Gasteiger partial charge in [0.25, 0.3) is 0 Å². The van der Waals surface area contributed by atoms with Gasteiger partial charge in [0.15, 0.2) is 0 Å². The fourth-order valence-electron chi connectivity index (χ4n) is 1.70. The van der Waals surface area contributed by atoms with E-state index in [9.17, 15) is 4.79 Å². The number of rotatable bonds is 5. The first-order valence-corrected chi connectivity index (χ1v) is 7.38. The van der Waals surface area contributed by atoms with Crippen molar-refractivity contribution < 1.29 is 4.79 Å². The van der Waals surface area contributed by atoms with Gasteiger partial charge in [0.2, 0.25) is 5.91 Å². The SMILES string of the molecule is CC(C)NCCC(=O)Nc1c(Cl)ccc2scnc12. The Balaban J connectivity index is 2.06. The number of fused-ring (bicyclic) bond motifs is 1. The van der Waals surface area contributed by atoms with Gasteiger partial charge in [-0.3, -0.25) is 4.79 Å². The molecule has 1 heterocycles. The maximum absolute atomic E-state index is 11.9. The summed E-state index contributed by atoms with van der Waals surface area (Å²) in [7, 11) is 0. The highest BCUT2D eigenvalue weighted by molar-refractivity contribution is 7.16. The van der Waals surface area contributed by atoms with Crippen LogP contribution in [0.4, 0.5) is 5.69 Å². The van der Waals surface area contributed by atoms with Crippen molar-refractivity contribution in [1.29, 1.82) is 0 Å². The maximum Gasteiger partial charge on any atom is 0.225 e. The van der Waals surface area contributed by atoms with Gasteiger partial charge < -0.3 is 10.6 Å². The van der Waals surface area contributed by atoms with Crippen LogP contribution < -0.4 is 10.6 Å². The van der Waals surface area contributed by atoms with E-state index in [4.69, 9.17) is 11.6 Å². The van der Waals surface area contributed by atoms with Crippen molar-refractivity contribution in [3.63, 3.8) is 0 Å². The van der Waals surface area contributed by atoms with Gasteiger partial charge in [-0.2, -0.15) is 0 Å². The van der Waals surface area contributed by atoms with E-state index in [0.717, 1.165) is 10.2 Å². The summed E-state index contributed by atoms with van der Waals surface area (Å²) < 4.78 is 1.01. The number of carbonyl (C=O) groups excluding carboxylic acids is 1. The van der Waals surface area contributed by atoms with Crippen LogP contribution in [0.5, 0.6) is 0 Å². The lowest BCUT2D eigenvalue weighted by Gasteiger charge is -2.10. The number of aromatic nitrogens is 1. The lowest BCUT2D eigenvalue weighted by Crippen LogP contribution is -2.27. The number of hydrogen-bond acceptors (Lipinski definition) is 4. The van der Waals surface area contributed by atoms with Crippen molar-refractivity contribution in [1.82, 2.24) is 10.3 Å². The zero-order valence-corrected chi connectivity index (χ0v) is 12.4. The standard InChI is InChI=1S/C13H16ClN3OS/c1-8(2)15-6-5-11(18)17-12-9(14)3-4-10-13(12)16-7-19-10/h3-4,7-8,15H,5-6H2,1-2H3,(H,17,18). The first-order chi connectivity index (χ1) is 9.08. The largest absolute Gasteiger partial charge is 0.323 e. The molecule has 0 saturated heterocycles. The molecule has 1 aromatic heterocycles. The summed E-state index contributed by atoms with van der Waals surface area (Å²) in [5.41, 5.74) is 3.11. The van der Waals surface area contributed by atoms with Gasteiger partial charge in [-0.1, -0.05) is 25.4 Å². The normalized spacial score (nSPS) is 11.2. The average molecular weight is 298 g/mol. The topological polar surface area (TPSA) is 54.0 Å². The molecule has 0 unspecified atom stereocenters. The maximum atomic E-state index is 11.9. The minimum Gasteiger partial charge on any atom is -0.323 e. The summed E-state index contributed by atoms with van der Waals surface area (Å²) in [4.78, 5) is 16.1. The van der Waals surface area contributed by atoms with Gasteiger partial charge in [-0.25, -0.2) is 4.98 Å². The number of hydrogen-bond donors (Lipinski definition) is 2. The monoisotopic (exact) mass is 297 g/mol. The number of halogens is 1. The smallest absolute Gasteiger partial charge is 0.225 e. The molecular weight excluding hydrogens is 282 g/mol. The molecule has 0 saturated carbocycles. The Kier molecular flexibility index (Phi) is 4.74. The molecular formula is C13H16ClN3OS. The van der Waals surface area contributed by atoms with Crippen LogP contribution in [0, 0.1) is 0 Å². The van der Waals surface area contributed by atoms with E-state index in [1.807, 2.05) is 19.9 Å². The second-order valence-corrected chi connectivity index (χ2v) is 5.82. The highest BCUT2D eigenvalue weighted by atomic mass is 35.5. The summed E-state index contributed by atoms with van der Waals surface area (Å²) in [5.74, 6) is -0.0597. The first-order valence-electron chi connectivity index (χ1n) is 6.13. The fourth-order valence-corrected chi connectivity index (χ4v) is 2.59. The summed E-state index contributed by atoms with van der Waals surface area (Å²) >= 11 is 7.65. The first kappa shape index (κ1) is 14.2. The highest BCUT2D eigenvalue weighted by Crippen LogP contribution is 2.32. The zero-order chi connectivity index (χ0) is 13.8. The van der Waals surface area contributed by atoms with Crippen LogP contribution in [0.3, 0.4) is 0 Å². The minimum atomic E-state index is -0.0597. The molecule has 0 radical (unpaired) electrons. The molecule has 0 aliphatic rings. The van der Waals surface area contributed by atoms with Gasteiger partial charge in [0.05, 0.1) is 20.9 Å². The van der Waals surface area contributed by atoms with Crippen molar-refractivity contribution in [2.45, 2.75) is 26.3 Å². The lowest BCUT2D eigenvalue weighted by molar-refractivity contribution is -0.116. The Labute approximate surface area is 121 Å². The Hall–Kier alpha value is -1.17. The number of benzene rings is 1. The number of carbonyl (C=O) groups is 1. The molecule has 102 valence electrons. The van der Waals surface area contributed by atoms with Crippen LogP contribution >= 0.6 is 22.9 Å². The molecule has 2 aromatic rings. The van der Waals surface area contributed by atoms with E-state index in [-0.39, 0.29) is 5.91 Å². The third-order valence-corrected chi connectivity index (χ3v) is 3.73. The Morgan fingerprint density at radius 2 is 2.26 bits per heavy atom. The van der Waals surface area contributed by atoms with Crippen molar-refractivity contribution in [3.05, 3.63) is 22.7 Å². The summed E-state index contributed by atoms with van der Waals surface area (Å²) in [6.07, 6.45) is 0.412. The predicted octanol–water partition coefficient (Wildman–Crippen LogP) is 3.28. The number of nitrogens with zero attached hydrogens (tertiary/aromatic N) is 1. The molecule has 1 amide bonds. The summed E-state index contributed by atoms with van der Waals surface area (Å²) in [6, 6.07) is 4.06. The number of thiazole rings is 1. The molecule has 0 fully saturated rings. The molecule has 4 nitrogen and oxygen atoms in total. The van der Waals surface area contributed by atoms with E-state index >= 15 is 0 Å². The molecule has 0 bridgehead atoms. The number of amides is 1. The highest BCUT2D eigenvalue weighted by Gasteiger charge is 2.11. The van der Waals surface area contributed by atoms with Crippen molar-refractivity contribution in [3.8, 4) is 0 Å². The Bertz CT molecular complexity index is 582. The predicted molar refractivity (Wildman–Crippen MR) is 81.0 cm³/mol. The minimum absolute atomic E-state index is 0.0597. The van der Waals surface area contributed by atoms with Crippen LogP contribution in [0.15, 0.2) is 17.6 Å². The van der Waals surface area contributed by atoms with Gasteiger partial charge in [-0.15, -0.1) is 11.3 Å². The number of nitrogens with one attached hydrogen (secondary N) is 2. The van der Waals surface area contributed by atoms with E-state index in [2.05, 4.69) is 15.6 Å². The van der Waals surface area contributed by atoms with E-state index in [1.165, 1.54) is 11.3 Å². The average Bonchev–Trinajstić information content (AvgIpc) is 2.81. The number of anilines is 1. The van der Waals surface area contributed by atoms with E-state index in [1.54, 1.807) is 11.6 Å². The Morgan fingerprint density at radius 3 is 3.00 bits per heavy atom. The van der Waals surface area contributed by atoms with Gasteiger partial charge in [0, 0.05) is 19.0 Å². The molecule has 2 N–H and O–H groups in total. The van der Waals surface area contributed by atoms with Crippen LogP contribution in [0.25, 0.3) is 10.2 Å². The molecule has 0 spiro atoms. The van der Waals surface area contributed by atoms with E-state index in [0.29, 0.717) is 29.7 Å². The van der Waals surface area contributed by atoms with Gasteiger partial charge in [-0.05, 0) is 12.1 Å². The molecule has 19 heavy (non-hydrogen) atoms. The van der Waals surface area contributed by atoms with Crippen molar-refractivity contribution in [2.75, 3.05) is 11.9 Å². The molecule has 6 heteroatoms. The third kappa shape index (κ3) is 3.65. The van der Waals surface area contributed by atoms with Crippen LogP contribution in [-0.2, 0) is 4.79 Å². The third-order valence-electron chi connectivity index (χ3n) is 2.62. The molecule has 1 aromatic carbocycles. The van der Waals surface area contributed by atoms with Crippen LogP contribution in [-0.4, -0.2) is 23.5 Å². The van der Waals surface area contributed by atoms with E-state index < -0.39 is 0 Å². The fraction of sp³-hybridized carbons (Fsp3) is 0.385. The molecule has 2 rings (SSSR count). The Morgan fingerprint density at radius 1 is 1.47 bits per heavy atom. The van der Waals surface area contributed by atoms with Crippen LogP contribution in [0.2, 0.25) is 5.02 Å². The second-order valence-electron chi connectivity index (χ2n) is 4.53. The van der Waals surface area contributed by atoms with Crippen molar-refractivity contribution in [2.24, 2.45) is 0 Å². The van der Waals surface area contributed by atoms with Gasteiger partial charge in [0.1, 0.15) is 5.52 Å². The summed E-state index contributed by atoms with van der Waals surface area (Å²) in [5, 5.41) is 6.57. The lowest BCUT2D eigenvalue weighted by atomic mass is 10.2. The van der Waals surface area contributed by atoms with Gasteiger partial charge >= 0.3 is 0 Å². The molecule has 0 atom stereocenters. The zero-order valence-electron chi connectivity index (χ0n) is 10.9. The summed E-state index contributed by atoms with van der Waals surface area (Å²) in [6.45, 7) is 4.74. The molecule has 0 aliphatic heterocycles.